The number of amides is 1. The quantitative estimate of drug-likeness (QED) is 0.500. The summed E-state index contributed by atoms with van der Waals surface area (Å²) >= 11 is 0. The second-order valence-corrected chi connectivity index (χ2v) is 6.38. The lowest BCUT2D eigenvalue weighted by Gasteiger charge is -2.14. The number of non-ortho nitro benzene ring substituents is 1. The van der Waals surface area contributed by atoms with E-state index in [9.17, 15) is 14.9 Å². The predicted octanol–water partition coefficient (Wildman–Crippen LogP) is 3.50. The second kappa shape index (κ2) is 8.34. The number of aromatic nitrogens is 2. The predicted molar refractivity (Wildman–Crippen MR) is 104 cm³/mol. The third-order valence-corrected chi connectivity index (χ3v) is 3.92. The first kappa shape index (κ1) is 19.1. The summed E-state index contributed by atoms with van der Waals surface area (Å²) in [5, 5.41) is 17.8. The molecule has 1 heterocycles. The molecule has 0 saturated heterocycles. The molecule has 1 N–H and O–H groups in total. The van der Waals surface area contributed by atoms with Gasteiger partial charge < -0.3 is 10.1 Å². The minimum absolute atomic E-state index is 0.00356. The number of nitro benzene ring substituents is 1. The highest BCUT2D eigenvalue weighted by molar-refractivity contribution is 5.92. The van der Waals surface area contributed by atoms with Gasteiger partial charge in [0.05, 0.1) is 16.7 Å². The maximum atomic E-state index is 12.4. The van der Waals surface area contributed by atoms with Gasteiger partial charge in [-0.15, -0.1) is 0 Å². The fraction of sp³-hybridized carbons (Fsp3) is 0.200. The molecule has 0 aliphatic heterocycles. The van der Waals surface area contributed by atoms with Gasteiger partial charge in [-0.3, -0.25) is 14.9 Å². The van der Waals surface area contributed by atoms with Crippen LogP contribution in [0.1, 0.15) is 29.9 Å². The molecule has 0 atom stereocenters. The Morgan fingerprint density at radius 3 is 2.57 bits per heavy atom. The van der Waals surface area contributed by atoms with Gasteiger partial charge in [0.1, 0.15) is 5.75 Å². The first-order valence-electron chi connectivity index (χ1n) is 8.77. The first-order chi connectivity index (χ1) is 13.4. The molecule has 0 spiro atoms. The first-order valence-corrected chi connectivity index (χ1v) is 8.77. The van der Waals surface area contributed by atoms with E-state index in [1.165, 1.54) is 16.8 Å². The molecule has 0 bridgehead atoms. The van der Waals surface area contributed by atoms with Gasteiger partial charge in [0.25, 0.3) is 11.6 Å². The normalized spacial score (nSPS) is 10.7. The van der Waals surface area contributed by atoms with E-state index in [0.717, 1.165) is 11.3 Å². The second-order valence-electron chi connectivity index (χ2n) is 6.38. The topological polar surface area (TPSA) is 99.3 Å². The Morgan fingerprint density at radius 1 is 1.18 bits per heavy atom. The van der Waals surface area contributed by atoms with Crippen molar-refractivity contribution < 1.29 is 14.5 Å². The number of para-hydroxylation sites is 1. The van der Waals surface area contributed by atoms with Crippen LogP contribution in [0.3, 0.4) is 0 Å². The molecule has 0 aliphatic rings. The van der Waals surface area contributed by atoms with Crippen LogP contribution < -0.4 is 10.1 Å². The largest absolute Gasteiger partial charge is 0.491 e. The van der Waals surface area contributed by atoms with E-state index in [-0.39, 0.29) is 23.4 Å². The van der Waals surface area contributed by atoms with Gasteiger partial charge >= 0.3 is 0 Å². The smallest absolute Gasteiger partial charge is 0.272 e. The SMILES string of the molecule is CC(C)Oc1ccccc1CNC(=O)c1ccn(-c2ccc([N+](=O)[O-])cc2)n1. The zero-order valence-electron chi connectivity index (χ0n) is 15.5. The summed E-state index contributed by atoms with van der Waals surface area (Å²) in [6.07, 6.45) is 1.67. The Balaban J connectivity index is 1.67. The maximum absolute atomic E-state index is 12.4. The molecule has 144 valence electrons. The van der Waals surface area contributed by atoms with Crippen molar-refractivity contribution in [3.05, 3.63) is 82.2 Å². The summed E-state index contributed by atoms with van der Waals surface area (Å²) in [6, 6.07) is 15.1. The number of hydrogen-bond donors (Lipinski definition) is 1. The Bertz CT molecular complexity index is 980. The van der Waals surface area contributed by atoms with Crippen molar-refractivity contribution >= 4 is 11.6 Å². The fourth-order valence-corrected chi connectivity index (χ4v) is 2.60. The third-order valence-electron chi connectivity index (χ3n) is 3.92. The molecule has 0 fully saturated rings. The van der Waals surface area contributed by atoms with Crippen molar-refractivity contribution in [1.29, 1.82) is 0 Å². The number of carbonyl (C=O) groups is 1. The standard InChI is InChI=1S/C20H20N4O4/c1-14(2)28-19-6-4-3-5-15(19)13-21-20(25)18-11-12-23(22-18)16-7-9-17(10-8-16)24(26)27/h3-12,14H,13H2,1-2H3,(H,21,25). The molecule has 8 heteroatoms. The third kappa shape index (κ3) is 4.53. The van der Waals surface area contributed by atoms with Crippen LogP contribution in [-0.2, 0) is 6.54 Å². The van der Waals surface area contributed by atoms with Gasteiger partial charge in [0, 0.05) is 30.4 Å². The lowest BCUT2D eigenvalue weighted by atomic mass is 10.2. The maximum Gasteiger partial charge on any atom is 0.272 e. The van der Waals surface area contributed by atoms with E-state index in [1.807, 2.05) is 38.1 Å². The van der Waals surface area contributed by atoms with Gasteiger partial charge in [0.15, 0.2) is 5.69 Å². The molecule has 8 nitrogen and oxygen atoms in total. The summed E-state index contributed by atoms with van der Waals surface area (Å²) in [4.78, 5) is 22.7. The van der Waals surface area contributed by atoms with Gasteiger partial charge in [0.2, 0.25) is 0 Å². The monoisotopic (exact) mass is 380 g/mol. The van der Waals surface area contributed by atoms with Crippen molar-refractivity contribution in [3.8, 4) is 11.4 Å². The number of ether oxygens (including phenoxy) is 1. The van der Waals surface area contributed by atoms with E-state index in [0.29, 0.717) is 12.2 Å². The summed E-state index contributed by atoms with van der Waals surface area (Å²) in [6.45, 7) is 4.20. The molecule has 0 radical (unpaired) electrons. The highest BCUT2D eigenvalue weighted by Crippen LogP contribution is 2.19. The van der Waals surface area contributed by atoms with Crippen molar-refractivity contribution in [2.75, 3.05) is 0 Å². The Kier molecular flexibility index (Phi) is 5.69. The molecule has 1 aromatic heterocycles. The van der Waals surface area contributed by atoms with E-state index in [1.54, 1.807) is 24.4 Å². The zero-order valence-corrected chi connectivity index (χ0v) is 15.5. The van der Waals surface area contributed by atoms with Crippen LogP contribution in [-0.4, -0.2) is 26.7 Å². The fourth-order valence-electron chi connectivity index (χ4n) is 2.60. The number of nitrogens with one attached hydrogen (secondary N) is 1. The van der Waals surface area contributed by atoms with Crippen molar-refractivity contribution in [3.63, 3.8) is 0 Å². The van der Waals surface area contributed by atoms with Gasteiger partial charge in [-0.05, 0) is 38.1 Å². The molecular weight excluding hydrogens is 360 g/mol. The molecular formula is C20H20N4O4. The molecule has 0 unspecified atom stereocenters. The highest BCUT2D eigenvalue weighted by atomic mass is 16.6. The van der Waals surface area contributed by atoms with E-state index in [4.69, 9.17) is 4.74 Å². The van der Waals surface area contributed by atoms with Gasteiger partial charge in [-0.25, -0.2) is 4.68 Å². The van der Waals surface area contributed by atoms with E-state index in [2.05, 4.69) is 10.4 Å². The Labute approximate surface area is 161 Å². The molecule has 1 amide bonds. The number of nitrogens with zero attached hydrogens (tertiary/aromatic N) is 3. The lowest BCUT2D eigenvalue weighted by Crippen LogP contribution is -2.24. The molecule has 0 aliphatic carbocycles. The van der Waals surface area contributed by atoms with Crippen LogP contribution in [0.4, 0.5) is 5.69 Å². The van der Waals surface area contributed by atoms with Crippen molar-refractivity contribution in [2.45, 2.75) is 26.5 Å². The summed E-state index contributed by atoms with van der Waals surface area (Å²) in [5.74, 6) is 0.411. The number of carbonyl (C=O) groups excluding carboxylic acids is 1. The number of nitro groups is 1. The Hall–Kier alpha value is -3.68. The van der Waals surface area contributed by atoms with E-state index < -0.39 is 4.92 Å². The zero-order chi connectivity index (χ0) is 20.1. The highest BCUT2D eigenvalue weighted by Gasteiger charge is 2.12. The molecule has 0 saturated carbocycles. The molecule has 28 heavy (non-hydrogen) atoms. The van der Waals surface area contributed by atoms with Crippen LogP contribution in [0, 0.1) is 10.1 Å². The Morgan fingerprint density at radius 2 is 1.89 bits per heavy atom. The van der Waals surface area contributed by atoms with Crippen LogP contribution >= 0.6 is 0 Å². The summed E-state index contributed by atoms with van der Waals surface area (Å²) < 4.78 is 7.25. The van der Waals surface area contributed by atoms with Crippen molar-refractivity contribution in [1.82, 2.24) is 15.1 Å². The van der Waals surface area contributed by atoms with Gasteiger partial charge in [-0.2, -0.15) is 5.10 Å². The van der Waals surface area contributed by atoms with Crippen LogP contribution in [0.15, 0.2) is 60.8 Å². The van der Waals surface area contributed by atoms with Gasteiger partial charge in [-0.1, -0.05) is 18.2 Å². The summed E-state index contributed by atoms with van der Waals surface area (Å²) in [7, 11) is 0. The van der Waals surface area contributed by atoms with Crippen LogP contribution in [0.5, 0.6) is 5.75 Å². The minimum atomic E-state index is -0.466. The number of hydrogen-bond acceptors (Lipinski definition) is 5. The van der Waals surface area contributed by atoms with Crippen molar-refractivity contribution in [2.24, 2.45) is 0 Å². The molecule has 3 aromatic rings. The number of rotatable bonds is 7. The average molecular weight is 380 g/mol. The van der Waals surface area contributed by atoms with Crippen LogP contribution in [0.2, 0.25) is 0 Å². The van der Waals surface area contributed by atoms with Crippen LogP contribution in [0.25, 0.3) is 5.69 Å². The van der Waals surface area contributed by atoms with E-state index >= 15 is 0 Å². The lowest BCUT2D eigenvalue weighted by molar-refractivity contribution is -0.384. The molecule has 3 rings (SSSR count). The molecule has 2 aromatic carbocycles. The average Bonchev–Trinajstić information content (AvgIpc) is 3.17. The summed E-state index contributed by atoms with van der Waals surface area (Å²) in [5.41, 5.74) is 1.75. The minimum Gasteiger partial charge on any atom is -0.491 e. The number of benzene rings is 2.